The van der Waals surface area contributed by atoms with Gasteiger partial charge in [0.15, 0.2) is 11.5 Å². The van der Waals surface area contributed by atoms with Gasteiger partial charge in [-0.3, -0.25) is 0 Å². The first kappa shape index (κ1) is 20.1. The Hall–Kier alpha value is -2.21. The molecule has 6 heteroatoms. The molecule has 26 heavy (non-hydrogen) atoms. The van der Waals surface area contributed by atoms with Gasteiger partial charge in [-0.1, -0.05) is 0 Å². The summed E-state index contributed by atoms with van der Waals surface area (Å²) in [6, 6.07) is 11.2. The number of benzene rings is 2. The smallest absolute Gasteiger partial charge is 0.338 e. The summed E-state index contributed by atoms with van der Waals surface area (Å²) >= 11 is 3.55. The van der Waals surface area contributed by atoms with Crippen LogP contribution in [0.1, 0.15) is 36.7 Å². The fourth-order valence-electron chi connectivity index (χ4n) is 2.37. The number of hydrogen-bond donors (Lipinski definition) is 1. The molecule has 2 aromatic rings. The maximum Gasteiger partial charge on any atom is 0.338 e. The van der Waals surface area contributed by atoms with Crippen LogP contribution in [0.5, 0.6) is 11.5 Å². The van der Waals surface area contributed by atoms with Crippen molar-refractivity contribution >= 4 is 27.6 Å². The van der Waals surface area contributed by atoms with Crippen LogP contribution in [0.15, 0.2) is 40.9 Å². The molecule has 0 atom stereocenters. The first-order valence-corrected chi connectivity index (χ1v) is 9.28. The van der Waals surface area contributed by atoms with E-state index in [0.717, 1.165) is 15.7 Å². The van der Waals surface area contributed by atoms with Crippen LogP contribution in [0.25, 0.3) is 0 Å². The molecule has 0 amide bonds. The van der Waals surface area contributed by atoms with Gasteiger partial charge in [-0.2, -0.15) is 0 Å². The molecule has 0 heterocycles. The lowest BCUT2D eigenvalue weighted by atomic mass is 10.1. The van der Waals surface area contributed by atoms with Crippen LogP contribution in [0.4, 0.5) is 5.69 Å². The number of anilines is 1. The highest BCUT2D eigenvalue weighted by Gasteiger charge is 2.13. The molecule has 0 spiro atoms. The van der Waals surface area contributed by atoms with Crippen LogP contribution in [0.2, 0.25) is 0 Å². The number of carbonyl (C=O) groups excluding carboxylic acids is 1. The van der Waals surface area contributed by atoms with Gasteiger partial charge in [-0.15, -0.1) is 0 Å². The van der Waals surface area contributed by atoms with Gasteiger partial charge in [-0.05, 0) is 78.7 Å². The van der Waals surface area contributed by atoms with Crippen molar-refractivity contribution in [3.05, 3.63) is 52.0 Å². The molecule has 5 nitrogen and oxygen atoms in total. The molecule has 0 fully saturated rings. The zero-order valence-electron chi connectivity index (χ0n) is 15.5. The molecule has 140 valence electrons. The zero-order chi connectivity index (χ0) is 19.1. The van der Waals surface area contributed by atoms with Crippen LogP contribution in [0, 0.1) is 0 Å². The lowest BCUT2D eigenvalue weighted by molar-refractivity contribution is 0.0526. The summed E-state index contributed by atoms with van der Waals surface area (Å²) in [5.74, 6) is 1.07. The molecule has 0 unspecified atom stereocenters. The third kappa shape index (κ3) is 5.39. The number of ether oxygens (including phenoxy) is 3. The maximum atomic E-state index is 11.7. The number of rotatable bonds is 8. The minimum Gasteiger partial charge on any atom is -0.493 e. The number of carbonyl (C=O) groups is 1. The molecule has 2 aromatic carbocycles. The zero-order valence-corrected chi connectivity index (χ0v) is 17.1. The normalized spacial score (nSPS) is 10.5. The standard InChI is InChI=1S/C20H24BrNO4/c1-5-25-20(23)15-6-8-16(9-7-15)22-12-14-10-17(21)19(26-13(2)3)18(11-14)24-4/h6-11,13,22H,5,12H2,1-4H3. The van der Waals surface area contributed by atoms with Crippen LogP contribution < -0.4 is 14.8 Å². The Morgan fingerprint density at radius 1 is 1.19 bits per heavy atom. The molecule has 0 aromatic heterocycles. The molecule has 0 aliphatic carbocycles. The highest BCUT2D eigenvalue weighted by Crippen LogP contribution is 2.37. The molecule has 0 aliphatic heterocycles. The van der Waals surface area contributed by atoms with E-state index in [1.807, 2.05) is 38.1 Å². The quantitative estimate of drug-likeness (QED) is 0.605. The Morgan fingerprint density at radius 2 is 1.88 bits per heavy atom. The monoisotopic (exact) mass is 421 g/mol. The summed E-state index contributed by atoms with van der Waals surface area (Å²) in [7, 11) is 1.63. The molecular weight excluding hydrogens is 398 g/mol. The molecule has 0 aliphatic rings. The highest BCUT2D eigenvalue weighted by molar-refractivity contribution is 9.10. The van der Waals surface area contributed by atoms with E-state index in [2.05, 4.69) is 21.2 Å². The van der Waals surface area contributed by atoms with Gasteiger partial charge in [0.1, 0.15) is 0 Å². The van der Waals surface area contributed by atoms with E-state index >= 15 is 0 Å². The van der Waals surface area contributed by atoms with Gasteiger partial charge in [0.25, 0.3) is 0 Å². The predicted octanol–water partition coefficient (Wildman–Crippen LogP) is 5.03. The van der Waals surface area contributed by atoms with E-state index in [-0.39, 0.29) is 12.1 Å². The lowest BCUT2D eigenvalue weighted by Gasteiger charge is -2.17. The van der Waals surface area contributed by atoms with Crippen molar-refractivity contribution in [3.8, 4) is 11.5 Å². The van der Waals surface area contributed by atoms with Crippen molar-refractivity contribution in [3.63, 3.8) is 0 Å². The second-order valence-electron chi connectivity index (χ2n) is 5.93. The van der Waals surface area contributed by atoms with Crippen molar-refractivity contribution in [2.45, 2.75) is 33.4 Å². The summed E-state index contributed by atoms with van der Waals surface area (Å²) in [5, 5.41) is 3.33. The lowest BCUT2D eigenvalue weighted by Crippen LogP contribution is -2.08. The SMILES string of the molecule is CCOC(=O)c1ccc(NCc2cc(Br)c(OC(C)C)c(OC)c2)cc1. The Balaban J connectivity index is 2.07. The van der Waals surface area contributed by atoms with Crippen molar-refractivity contribution in [2.24, 2.45) is 0 Å². The Bertz CT molecular complexity index is 744. The minimum atomic E-state index is -0.312. The summed E-state index contributed by atoms with van der Waals surface area (Å²) in [5.41, 5.74) is 2.49. The van der Waals surface area contributed by atoms with Crippen LogP contribution in [0.3, 0.4) is 0 Å². The van der Waals surface area contributed by atoms with E-state index in [0.29, 0.717) is 30.2 Å². The van der Waals surface area contributed by atoms with Crippen LogP contribution in [-0.4, -0.2) is 25.8 Å². The second kappa shape index (κ2) is 9.48. The first-order valence-electron chi connectivity index (χ1n) is 8.48. The van der Waals surface area contributed by atoms with E-state index < -0.39 is 0 Å². The molecule has 2 rings (SSSR count). The van der Waals surface area contributed by atoms with Crippen molar-refractivity contribution < 1.29 is 19.0 Å². The third-order valence-corrected chi connectivity index (χ3v) is 4.12. The van der Waals surface area contributed by atoms with Crippen LogP contribution in [-0.2, 0) is 11.3 Å². The number of halogens is 1. The summed E-state index contributed by atoms with van der Waals surface area (Å²) in [6.45, 7) is 6.71. The fraction of sp³-hybridized carbons (Fsp3) is 0.350. The maximum absolute atomic E-state index is 11.7. The molecule has 0 radical (unpaired) electrons. The molecule has 0 saturated heterocycles. The van der Waals surface area contributed by atoms with E-state index in [4.69, 9.17) is 14.2 Å². The largest absolute Gasteiger partial charge is 0.493 e. The number of esters is 1. The van der Waals surface area contributed by atoms with E-state index in [1.165, 1.54) is 0 Å². The minimum absolute atomic E-state index is 0.0575. The van der Waals surface area contributed by atoms with Gasteiger partial charge in [0.2, 0.25) is 0 Å². The van der Waals surface area contributed by atoms with Gasteiger partial charge >= 0.3 is 5.97 Å². The molecule has 0 bridgehead atoms. The molecule has 0 saturated carbocycles. The van der Waals surface area contributed by atoms with E-state index in [1.54, 1.807) is 26.2 Å². The second-order valence-corrected chi connectivity index (χ2v) is 6.78. The molecular formula is C20H24BrNO4. The van der Waals surface area contributed by atoms with Crippen molar-refractivity contribution in [2.75, 3.05) is 19.0 Å². The third-order valence-electron chi connectivity index (χ3n) is 3.54. The summed E-state index contributed by atoms with van der Waals surface area (Å²) in [4.78, 5) is 11.7. The summed E-state index contributed by atoms with van der Waals surface area (Å²) in [6.07, 6.45) is 0.0575. The highest BCUT2D eigenvalue weighted by atomic mass is 79.9. The summed E-state index contributed by atoms with van der Waals surface area (Å²) < 4.78 is 17.1. The number of hydrogen-bond acceptors (Lipinski definition) is 5. The van der Waals surface area contributed by atoms with Gasteiger partial charge in [0, 0.05) is 12.2 Å². The van der Waals surface area contributed by atoms with E-state index in [9.17, 15) is 4.79 Å². The predicted molar refractivity (Wildman–Crippen MR) is 106 cm³/mol. The van der Waals surface area contributed by atoms with Gasteiger partial charge in [0.05, 0.1) is 29.9 Å². The average Bonchev–Trinajstić information content (AvgIpc) is 2.62. The number of methoxy groups -OCH3 is 1. The average molecular weight is 422 g/mol. The Morgan fingerprint density at radius 3 is 2.46 bits per heavy atom. The van der Waals surface area contributed by atoms with Gasteiger partial charge in [-0.25, -0.2) is 4.79 Å². The van der Waals surface area contributed by atoms with Crippen molar-refractivity contribution in [1.82, 2.24) is 0 Å². The van der Waals surface area contributed by atoms with Gasteiger partial charge < -0.3 is 19.5 Å². The molecule has 1 N–H and O–H groups in total. The Labute approximate surface area is 162 Å². The van der Waals surface area contributed by atoms with Crippen LogP contribution >= 0.6 is 15.9 Å². The fourth-order valence-corrected chi connectivity index (χ4v) is 2.95. The Kier molecular flexibility index (Phi) is 7.33. The topological polar surface area (TPSA) is 56.8 Å². The number of nitrogens with one attached hydrogen (secondary N) is 1. The van der Waals surface area contributed by atoms with Crippen molar-refractivity contribution in [1.29, 1.82) is 0 Å². The first-order chi connectivity index (χ1) is 12.4.